The van der Waals surface area contributed by atoms with Crippen LogP contribution in [-0.2, 0) is 6.54 Å². The zero-order chi connectivity index (χ0) is 24.8. The van der Waals surface area contributed by atoms with Crippen molar-refractivity contribution in [2.75, 3.05) is 11.1 Å². The van der Waals surface area contributed by atoms with Gasteiger partial charge in [-0.3, -0.25) is 4.79 Å². The van der Waals surface area contributed by atoms with E-state index in [1.165, 1.54) is 24.4 Å². The Morgan fingerprint density at radius 2 is 1.86 bits per heavy atom. The highest BCUT2D eigenvalue weighted by molar-refractivity contribution is 5.99. The van der Waals surface area contributed by atoms with E-state index >= 15 is 0 Å². The Morgan fingerprint density at radius 3 is 2.54 bits per heavy atom. The summed E-state index contributed by atoms with van der Waals surface area (Å²) in [5, 5.41) is 15.3. The van der Waals surface area contributed by atoms with Gasteiger partial charge in [-0.05, 0) is 42.3 Å². The molecule has 0 aliphatic rings. The van der Waals surface area contributed by atoms with Crippen molar-refractivity contribution >= 4 is 17.7 Å². The van der Waals surface area contributed by atoms with E-state index in [2.05, 4.69) is 25.6 Å². The largest absolute Gasteiger partial charge is 0.368 e. The van der Waals surface area contributed by atoms with Crippen molar-refractivity contribution in [1.82, 2.24) is 20.3 Å². The number of benzene rings is 2. The number of rotatable bonds is 7. The first-order valence-electron chi connectivity index (χ1n) is 10.8. The minimum Gasteiger partial charge on any atom is -0.368 e. The van der Waals surface area contributed by atoms with Gasteiger partial charge in [0.05, 0.1) is 22.9 Å². The molecule has 0 aliphatic carbocycles. The smallest absolute Gasteiger partial charge is 0.255 e. The van der Waals surface area contributed by atoms with E-state index in [1.54, 1.807) is 31.3 Å². The second-order valence-corrected chi connectivity index (χ2v) is 7.83. The summed E-state index contributed by atoms with van der Waals surface area (Å²) in [5.41, 5.74) is 9.49. The number of nitriles is 1. The maximum Gasteiger partial charge on any atom is 0.255 e. The number of nitrogens with one attached hydrogen (secondary N) is 2. The first-order chi connectivity index (χ1) is 16.9. The van der Waals surface area contributed by atoms with Crippen molar-refractivity contribution in [1.29, 1.82) is 5.26 Å². The summed E-state index contributed by atoms with van der Waals surface area (Å²) in [4.78, 5) is 25.4. The van der Waals surface area contributed by atoms with E-state index < -0.39 is 5.91 Å². The lowest BCUT2D eigenvalue weighted by molar-refractivity contribution is 0.0940. The lowest BCUT2D eigenvalue weighted by Crippen LogP contribution is -2.28. The van der Waals surface area contributed by atoms with Crippen LogP contribution in [0.3, 0.4) is 0 Å². The molecule has 0 radical (unpaired) electrons. The SMILES string of the molecule is CC(NC(=O)c1cc(C#N)cnc1NCc1ccc(-c2ccnc(N)n2)cc1)c1ccc(F)cc1. The van der Waals surface area contributed by atoms with Crippen LogP contribution in [0, 0.1) is 17.1 Å². The second-order valence-electron chi connectivity index (χ2n) is 7.83. The maximum atomic E-state index is 13.2. The van der Waals surface area contributed by atoms with Crippen LogP contribution in [-0.4, -0.2) is 20.9 Å². The van der Waals surface area contributed by atoms with E-state index in [9.17, 15) is 14.4 Å². The molecule has 8 nitrogen and oxygen atoms in total. The summed E-state index contributed by atoms with van der Waals surface area (Å²) < 4.78 is 13.2. The fraction of sp³-hybridized carbons (Fsp3) is 0.115. The standard InChI is InChI=1S/C26H22FN7O/c1-16(19-6-8-21(27)9-7-19)33-25(35)22-12-18(13-28)15-32-24(22)31-14-17-2-4-20(5-3-17)23-10-11-30-26(29)34-23/h2-12,15-16H,14H2,1H3,(H,31,32)(H,33,35)(H2,29,30,34). The third-order valence-electron chi connectivity index (χ3n) is 5.36. The van der Waals surface area contributed by atoms with Crippen molar-refractivity contribution in [3.8, 4) is 17.3 Å². The number of anilines is 2. The molecule has 9 heteroatoms. The highest BCUT2D eigenvalue weighted by atomic mass is 19.1. The number of carbonyl (C=O) groups excluding carboxylic acids is 1. The maximum absolute atomic E-state index is 13.2. The number of carbonyl (C=O) groups is 1. The molecule has 1 atom stereocenters. The van der Waals surface area contributed by atoms with Gasteiger partial charge in [0.2, 0.25) is 5.95 Å². The molecule has 4 rings (SSSR count). The van der Waals surface area contributed by atoms with Gasteiger partial charge < -0.3 is 16.4 Å². The van der Waals surface area contributed by atoms with Crippen molar-refractivity contribution in [3.63, 3.8) is 0 Å². The lowest BCUT2D eigenvalue weighted by Gasteiger charge is -2.16. The van der Waals surface area contributed by atoms with Crippen molar-refractivity contribution < 1.29 is 9.18 Å². The highest BCUT2D eigenvalue weighted by Crippen LogP contribution is 2.21. The number of halogens is 1. The van der Waals surface area contributed by atoms with Crippen LogP contribution in [0.2, 0.25) is 0 Å². The molecular formula is C26H22FN7O. The number of nitrogens with zero attached hydrogens (tertiary/aromatic N) is 4. The first kappa shape index (κ1) is 23.3. The minimum absolute atomic E-state index is 0.208. The molecule has 2 aromatic heterocycles. The van der Waals surface area contributed by atoms with Gasteiger partial charge >= 0.3 is 0 Å². The number of hydrogen-bond donors (Lipinski definition) is 3. The number of pyridine rings is 1. The average Bonchev–Trinajstić information content (AvgIpc) is 2.88. The zero-order valence-corrected chi connectivity index (χ0v) is 18.9. The molecule has 174 valence electrons. The van der Waals surface area contributed by atoms with Gasteiger partial charge in [0.1, 0.15) is 17.7 Å². The van der Waals surface area contributed by atoms with Gasteiger partial charge in [-0.25, -0.2) is 19.3 Å². The Labute approximate surface area is 201 Å². The molecule has 0 bridgehead atoms. The molecule has 0 saturated heterocycles. The summed E-state index contributed by atoms with van der Waals surface area (Å²) in [6.45, 7) is 2.20. The Bertz CT molecular complexity index is 1380. The fourth-order valence-corrected chi connectivity index (χ4v) is 3.46. The Balaban J connectivity index is 1.48. The van der Waals surface area contributed by atoms with Gasteiger partial charge in [0, 0.05) is 24.5 Å². The molecule has 35 heavy (non-hydrogen) atoms. The predicted molar refractivity (Wildman–Crippen MR) is 130 cm³/mol. The van der Waals surface area contributed by atoms with Gasteiger partial charge in [0.25, 0.3) is 5.91 Å². The average molecular weight is 468 g/mol. The zero-order valence-electron chi connectivity index (χ0n) is 18.9. The molecule has 4 aromatic rings. The summed E-state index contributed by atoms with van der Waals surface area (Å²) in [6, 6.07) is 18.5. The van der Waals surface area contributed by atoms with Crippen molar-refractivity contribution in [2.24, 2.45) is 0 Å². The van der Waals surface area contributed by atoms with E-state index in [-0.39, 0.29) is 28.9 Å². The topological polar surface area (TPSA) is 130 Å². The molecule has 2 heterocycles. The molecular weight excluding hydrogens is 445 g/mol. The summed E-state index contributed by atoms with van der Waals surface area (Å²) in [5.74, 6) is -0.190. The van der Waals surface area contributed by atoms with Crippen LogP contribution in [0.1, 0.15) is 40.0 Å². The fourth-order valence-electron chi connectivity index (χ4n) is 3.46. The van der Waals surface area contributed by atoms with Crippen molar-refractivity contribution in [3.05, 3.63) is 101 Å². The van der Waals surface area contributed by atoms with Crippen molar-refractivity contribution in [2.45, 2.75) is 19.5 Å². The Kier molecular flexibility index (Phi) is 6.93. The second kappa shape index (κ2) is 10.4. The van der Waals surface area contributed by atoms with Crippen LogP contribution in [0.5, 0.6) is 0 Å². The lowest BCUT2D eigenvalue weighted by atomic mass is 10.1. The van der Waals surface area contributed by atoms with Gasteiger partial charge in [-0.15, -0.1) is 0 Å². The minimum atomic E-state index is -0.398. The van der Waals surface area contributed by atoms with Crippen LogP contribution >= 0.6 is 0 Å². The third kappa shape index (κ3) is 5.75. The Hall–Kier alpha value is -4.84. The number of nitrogens with two attached hydrogens (primary N) is 1. The van der Waals surface area contributed by atoms with E-state index in [0.29, 0.717) is 12.4 Å². The van der Waals surface area contributed by atoms with E-state index in [1.807, 2.05) is 30.3 Å². The first-order valence-corrected chi connectivity index (χ1v) is 10.8. The molecule has 1 amide bonds. The van der Waals surface area contributed by atoms with Crippen LogP contribution < -0.4 is 16.4 Å². The molecule has 0 spiro atoms. The molecule has 1 unspecified atom stereocenters. The van der Waals surface area contributed by atoms with Crippen LogP contribution in [0.4, 0.5) is 16.2 Å². The molecule has 0 aliphatic heterocycles. The van der Waals surface area contributed by atoms with Crippen LogP contribution in [0.15, 0.2) is 73.1 Å². The predicted octanol–water partition coefficient (Wildman–Crippen LogP) is 4.23. The summed E-state index contributed by atoms with van der Waals surface area (Å²) >= 11 is 0. The van der Waals surface area contributed by atoms with E-state index in [0.717, 1.165) is 22.4 Å². The highest BCUT2D eigenvalue weighted by Gasteiger charge is 2.17. The van der Waals surface area contributed by atoms with Gasteiger partial charge in [-0.1, -0.05) is 36.4 Å². The monoisotopic (exact) mass is 467 g/mol. The Morgan fingerprint density at radius 1 is 1.11 bits per heavy atom. The number of nitrogen functional groups attached to an aromatic ring is 1. The molecule has 4 N–H and O–H groups in total. The van der Waals surface area contributed by atoms with Crippen LogP contribution in [0.25, 0.3) is 11.3 Å². The quantitative estimate of drug-likeness (QED) is 0.371. The van der Waals surface area contributed by atoms with Gasteiger partial charge in [-0.2, -0.15) is 5.26 Å². The summed E-state index contributed by atoms with van der Waals surface area (Å²) in [6.07, 6.45) is 3.01. The number of aromatic nitrogens is 3. The van der Waals surface area contributed by atoms with E-state index in [4.69, 9.17) is 5.73 Å². The third-order valence-corrected chi connectivity index (χ3v) is 5.36. The summed E-state index contributed by atoms with van der Waals surface area (Å²) in [7, 11) is 0. The molecule has 0 fully saturated rings. The molecule has 2 aromatic carbocycles. The number of hydrogen-bond acceptors (Lipinski definition) is 7. The van der Waals surface area contributed by atoms with Gasteiger partial charge in [0.15, 0.2) is 0 Å². The normalized spacial score (nSPS) is 11.3. The molecule has 0 saturated carbocycles. The number of amides is 1.